The van der Waals surface area contributed by atoms with Crippen LogP contribution in [0.3, 0.4) is 0 Å². The van der Waals surface area contributed by atoms with Crippen molar-refractivity contribution < 1.29 is 24.2 Å². The van der Waals surface area contributed by atoms with Crippen LogP contribution in [0.4, 0.5) is 4.79 Å². The van der Waals surface area contributed by atoms with Crippen LogP contribution in [0.5, 0.6) is 5.75 Å². The summed E-state index contributed by atoms with van der Waals surface area (Å²) < 4.78 is 11.1. The number of rotatable bonds is 7. The van der Waals surface area contributed by atoms with E-state index in [9.17, 15) is 9.59 Å². The molecule has 0 saturated carbocycles. The van der Waals surface area contributed by atoms with Gasteiger partial charge in [-0.05, 0) is 46.2 Å². The summed E-state index contributed by atoms with van der Waals surface area (Å²) in [6, 6.07) is 3.02. The van der Waals surface area contributed by atoms with Gasteiger partial charge in [0.25, 0.3) is 0 Å². The van der Waals surface area contributed by atoms with E-state index < -0.39 is 17.7 Å². The highest BCUT2D eigenvalue weighted by molar-refractivity contribution is 6.42. The van der Waals surface area contributed by atoms with Crippen molar-refractivity contribution in [3.63, 3.8) is 0 Å². The maximum atomic E-state index is 12.9. The lowest BCUT2D eigenvalue weighted by Gasteiger charge is -2.29. The number of halogens is 2. The van der Waals surface area contributed by atoms with E-state index >= 15 is 0 Å². The maximum absolute atomic E-state index is 12.9. The molecule has 3 atom stereocenters. The number of carboxylic acids is 1. The van der Waals surface area contributed by atoms with Crippen LogP contribution in [0, 0.1) is 0 Å². The summed E-state index contributed by atoms with van der Waals surface area (Å²) in [4.78, 5) is 25.5. The Kier molecular flexibility index (Phi) is 8.25. The van der Waals surface area contributed by atoms with E-state index in [-0.39, 0.29) is 24.4 Å². The Hall–Kier alpha value is -1.70. The van der Waals surface area contributed by atoms with Gasteiger partial charge in [-0.15, -0.1) is 0 Å². The number of carboxylic acid groups (broad SMARTS) is 1. The van der Waals surface area contributed by atoms with E-state index in [1.165, 1.54) is 0 Å². The van der Waals surface area contributed by atoms with Crippen molar-refractivity contribution in [1.82, 2.24) is 10.2 Å². The van der Waals surface area contributed by atoms with Crippen LogP contribution in [-0.4, -0.2) is 60.0 Å². The lowest BCUT2D eigenvalue weighted by Crippen LogP contribution is -2.45. The zero-order chi connectivity index (χ0) is 22.6. The number of nitrogens with one attached hydrogen (secondary N) is 1. The van der Waals surface area contributed by atoms with Crippen molar-refractivity contribution in [2.45, 2.75) is 64.1 Å². The summed E-state index contributed by atoms with van der Waals surface area (Å²) >= 11 is 12.7. The molecule has 0 radical (unpaired) electrons. The van der Waals surface area contributed by atoms with Gasteiger partial charge in [-0.2, -0.15) is 0 Å². The third-order valence-corrected chi connectivity index (χ3v) is 5.76. The predicted octanol–water partition coefficient (Wildman–Crippen LogP) is 4.55. The molecule has 1 aromatic carbocycles. The van der Waals surface area contributed by atoms with Gasteiger partial charge < -0.3 is 24.8 Å². The Labute approximate surface area is 187 Å². The lowest BCUT2D eigenvalue weighted by atomic mass is 9.95. The first kappa shape index (κ1) is 24.6. The fourth-order valence-corrected chi connectivity index (χ4v) is 4.12. The average molecular weight is 461 g/mol. The van der Waals surface area contributed by atoms with Gasteiger partial charge in [0.15, 0.2) is 0 Å². The largest absolute Gasteiger partial charge is 0.496 e. The third-order valence-electron chi connectivity index (χ3n) is 4.95. The van der Waals surface area contributed by atoms with Crippen molar-refractivity contribution in [3.05, 3.63) is 27.7 Å². The van der Waals surface area contributed by atoms with Gasteiger partial charge in [-0.1, -0.05) is 23.2 Å². The summed E-state index contributed by atoms with van der Waals surface area (Å²) in [6.07, 6.45) is 0.193. The molecule has 0 spiro atoms. The molecule has 1 fully saturated rings. The molecule has 1 heterocycles. The van der Waals surface area contributed by atoms with E-state index in [0.29, 0.717) is 35.3 Å². The highest BCUT2D eigenvalue weighted by Gasteiger charge is 2.40. The minimum Gasteiger partial charge on any atom is -0.496 e. The van der Waals surface area contributed by atoms with Crippen molar-refractivity contribution in [3.8, 4) is 5.75 Å². The number of hydrogen-bond acceptors (Lipinski definition) is 5. The quantitative estimate of drug-likeness (QED) is 0.620. The molecule has 1 saturated heterocycles. The number of methoxy groups -OCH3 is 1. The zero-order valence-electron chi connectivity index (χ0n) is 18.0. The van der Waals surface area contributed by atoms with Gasteiger partial charge in [0.1, 0.15) is 11.4 Å². The summed E-state index contributed by atoms with van der Waals surface area (Å²) in [5, 5.41) is 13.0. The molecule has 1 amide bonds. The van der Waals surface area contributed by atoms with Crippen LogP contribution >= 0.6 is 23.2 Å². The second-order valence-corrected chi connectivity index (χ2v) is 9.39. The van der Waals surface area contributed by atoms with E-state index in [1.54, 1.807) is 31.1 Å². The Morgan fingerprint density at radius 3 is 2.57 bits per heavy atom. The highest BCUT2D eigenvalue weighted by atomic mass is 35.5. The van der Waals surface area contributed by atoms with Gasteiger partial charge >= 0.3 is 12.1 Å². The van der Waals surface area contributed by atoms with Gasteiger partial charge in [0, 0.05) is 36.7 Å². The molecule has 0 aliphatic carbocycles. The average Bonchev–Trinajstić information content (AvgIpc) is 3.04. The number of carbonyl (C=O) groups is 2. The number of carbonyl (C=O) groups excluding carboxylic acids is 1. The highest BCUT2D eigenvalue weighted by Crippen LogP contribution is 2.43. The molecule has 1 unspecified atom stereocenters. The molecule has 1 aliphatic rings. The van der Waals surface area contributed by atoms with Crippen LogP contribution in [0.2, 0.25) is 10.0 Å². The van der Waals surface area contributed by atoms with Crippen molar-refractivity contribution in [2.24, 2.45) is 0 Å². The minimum atomic E-state index is -0.876. The number of ether oxygens (including phenoxy) is 2. The summed E-state index contributed by atoms with van der Waals surface area (Å²) in [7, 11) is 1.57. The fraction of sp³-hybridized carbons (Fsp3) is 0.619. The molecule has 7 nitrogen and oxygen atoms in total. The zero-order valence-corrected chi connectivity index (χ0v) is 19.5. The molecular formula is C21H30Cl2N2O5. The number of aliphatic carboxylic acids is 1. The molecular weight excluding hydrogens is 431 g/mol. The van der Waals surface area contributed by atoms with Crippen LogP contribution in [-0.2, 0) is 9.53 Å². The number of hydrogen-bond donors (Lipinski definition) is 2. The topological polar surface area (TPSA) is 88.1 Å². The fourth-order valence-electron chi connectivity index (χ4n) is 3.64. The van der Waals surface area contributed by atoms with Gasteiger partial charge in [0.2, 0.25) is 0 Å². The lowest BCUT2D eigenvalue weighted by molar-refractivity contribution is -0.137. The number of benzene rings is 1. The van der Waals surface area contributed by atoms with Crippen molar-refractivity contribution in [1.29, 1.82) is 0 Å². The predicted molar refractivity (Wildman–Crippen MR) is 117 cm³/mol. The molecule has 0 bridgehead atoms. The van der Waals surface area contributed by atoms with E-state index in [4.69, 9.17) is 37.8 Å². The van der Waals surface area contributed by atoms with E-state index in [0.717, 1.165) is 5.56 Å². The third kappa shape index (κ3) is 6.40. The number of likely N-dealkylation sites (tertiary alicyclic amines) is 1. The van der Waals surface area contributed by atoms with Crippen molar-refractivity contribution >= 4 is 35.3 Å². The SMILES string of the molecule is COc1ccc(Cl)c(Cl)c1[C@H]1C[C@@H](CNC(C)CC(=O)O)N(C(=O)OC(C)(C)C)C1. The molecule has 30 heavy (non-hydrogen) atoms. The molecule has 9 heteroatoms. The van der Waals surface area contributed by atoms with Crippen LogP contribution in [0.15, 0.2) is 12.1 Å². The second kappa shape index (κ2) is 10.1. The monoisotopic (exact) mass is 460 g/mol. The molecule has 1 aliphatic heterocycles. The Balaban J connectivity index is 2.27. The number of amides is 1. The summed E-state index contributed by atoms with van der Waals surface area (Å²) in [5.74, 6) is -0.356. The second-order valence-electron chi connectivity index (χ2n) is 8.60. The van der Waals surface area contributed by atoms with Crippen molar-refractivity contribution in [2.75, 3.05) is 20.2 Å². The Morgan fingerprint density at radius 2 is 2.00 bits per heavy atom. The van der Waals surface area contributed by atoms with Gasteiger partial charge in [-0.3, -0.25) is 4.79 Å². The summed E-state index contributed by atoms with van der Waals surface area (Å²) in [5.41, 5.74) is 0.135. The molecule has 2 N–H and O–H groups in total. The molecule has 0 aromatic heterocycles. The van der Waals surface area contributed by atoms with Gasteiger partial charge in [-0.25, -0.2) is 4.79 Å². The first-order valence-corrected chi connectivity index (χ1v) is 10.6. The standard InChI is InChI=1S/C21H30Cl2N2O5/c1-12(8-17(26)27)24-10-14-9-13(11-25(14)20(28)30-21(2,3)4)18-16(29-5)7-6-15(22)19(18)23/h6-7,12-14,24H,8-11H2,1-5H3,(H,26,27)/t12?,13-,14-/m0/s1. The first-order chi connectivity index (χ1) is 13.9. The van der Waals surface area contributed by atoms with E-state index in [2.05, 4.69) is 5.32 Å². The summed E-state index contributed by atoms with van der Waals surface area (Å²) in [6.45, 7) is 8.08. The molecule has 168 valence electrons. The Bertz CT molecular complexity index is 781. The first-order valence-electron chi connectivity index (χ1n) is 9.89. The van der Waals surface area contributed by atoms with Crippen LogP contribution in [0.25, 0.3) is 0 Å². The van der Waals surface area contributed by atoms with Crippen LogP contribution in [0.1, 0.15) is 52.0 Å². The van der Waals surface area contributed by atoms with Crippen LogP contribution < -0.4 is 10.1 Å². The Morgan fingerprint density at radius 1 is 1.33 bits per heavy atom. The smallest absolute Gasteiger partial charge is 0.410 e. The van der Waals surface area contributed by atoms with E-state index in [1.807, 2.05) is 20.8 Å². The van der Waals surface area contributed by atoms with Gasteiger partial charge in [0.05, 0.1) is 23.6 Å². The maximum Gasteiger partial charge on any atom is 0.410 e. The molecule has 1 aromatic rings. The normalized spacial score (nSPS) is 20.2. The molecule has 2 rings (SSSR count). The number of nitrogens with zero attached hydrogens (tertiary/aromatic N) is 1. The minimum absolute atomic E-state index is 0.00344.